The molecule has 5 nitrogen and oxygen atoms in total. The Kier molecular flexibility index (Phi) is 13.0. The first-order chi connectivity index (χ1) is 14.4. The number of unbranched alkanes of at least 4 members (excludes halogenated alkanes) is 1. The second-order valence-corrected chi connectivity index (χ2v) is 8.76. The van der Waals surface area contributed by atoms with Crippen LogP contribution in [-0.4, -0.2) is 23.4 Å². The van der Waals surface area contributed by atoms with Gasteiger partial charge in [0.05, 0.1) is 11.6 Å². The number of carbonyl (C=O) groups is 1. The van der Waals surface area contributed by atoms with E-state index in [-0.39, 0.29) is 5.78 Å². The summed E-state index contributed by atoms with van der Waals surface area (Å²) in [6.07, 6.45) is 16.6. The lowest BCUT2D eigenvalue weighted by Crippen LogP contribution is -2.29. The molecule has 4 N–H and O–H groups in total. The van der Waals surface area contributed by atoms with Crippen LogP contribution in [0.25, 0.3) is 0 Å². The molecule has 0 saturated heterocycles. The summed E-state index contributed by atoms with van der Waals surface area (Å²) >= 11 is 0. The van der Waals surface area contributed by atoms with Gasteiger partial charge in [-0.15, -0.1) is 0 Å². The first-order valence-electron chi connectivity index (χ1n) is 11.9. The zero-order valence-corrected chi connectivity index (χ0v) is 19.7. The fourth-order valence-corrected chi connectivity index (χ4v) is 3.66. The van der Waals surface area contributed by atoms with Gasteiger partial charge in [-0.05, 0) is 38.3 Å². The minimum absolute atomic E-state index is 0.0920. The highest BCUT2D eigenvalue weighted by molar-refractivity contribution is 6.23. The zero-order valence-electron chi connectivity index (χ0n) is 19.7. The SMILES string of the molecule is CC(=O)CCC(=N)C1=C(N)CC=CNC1=NC1CCCCC1.CCCCC(C)CC. The number of aliphatic imine (C=N–C) groups is 1. The van der Waals surface area contributed by atoms with E-state index in [1.54, 1.807) is 6.92 Å². The summed E-state index contributed by atoms with van der Waals surface area (Å²) in [5, 5.41) is 11.5. The van der Waals surface area contributed by atoms with Gasteiger partial charge in [0, 0.05) is 24.3 Å². The summed E-state index contributed by atoms with van der Waals surface area (Å²) in [7, 11) is 0. The van der Waals surface area contributed by atoms with Crippen LogP contribution in [0, 0.1) is 11.3 Å². The first kappa shape index (κ1) is 26.1. The third kappa shape index (κ3) is 10.2. The van der Waals surface area contributed by atoms with Gasteiger partial charge in [-0.25, -0.2) is 0 Å². The largest absolute Gasteiger partial charge is 0.401 e. The van der Waals surface area contributed by atoms with Gasteiger partial charge in [0.25, 0.3) is 0 Å². The predicted molar refractivity (Wildman–Crippen MR) is 129 cm³/mol. The predicted octanol–water partition coefficient (Wildman–Crippen LogP) is 6.05. The highest BCUT2D eigenvalue weighted by atomic mass is 16.1. The van der Waals surface area contributed by atoms with Crippen molar-refractivity contribution in [3.63, 3.8) is 0 Å². The molecule has 5 heteroatoms. The highest BCUT2D eigenvalue weighted by Crippen LogP contribution is 2.22. The Bertz CT molecular complexity index is 627. The van der Waals surface area contributed by atoms with Crippen LogP contribution in [0.3, 0.4) is 0 Å². The molecule has 0 amide bonds. The van der Waals surface area contributed by atoms with E-state index in [1.807, 2.05) is 12.3 Å². The summed E-state index contributed by atoms with van der Waals surface area (Å²) in [6.45, 7) is 8.40. The third-order valence-electron chi connectivity index (χ3n) is 5.90. The van der Waals surface area contributed by atoms with E-state index in [4.69, 9.17) is 16.1 Å². The first-order valence-corrected chi connectivity index (χ1v) is 11.9. The van der Waals surface area contributed by atoms with Crippen LogP contribution in [0.1, 0.15) is 105 Å². The molecule has 0 aromatic heterocycles. The van der Waals surface area contributed by atoms with Crippen molar-refractivity contribution in [3.05, 3.63) is 23.5 Å². The van der Waals surface area contributed by atoms with Crippen molar-refractivity contribution in [3.8, 4) is 0 Å². The van der Waals surface area contributed by atoms with Crippen LogP contribution in [-0.2, 0) is 4.79 Å². The molecule has 1 saturated carbocycles. The summed E-state index contributed by atoms with van der Waals surface area (Å²) in [5.41, 5.74) is 7.91. The van der Waals surface area contributed by atoms with Crippen molar-refractivity contribution < 1.29 is 4.79 Å². The van der Waals surface area contributed by atoms with Gasteiger partial charge in [-0.2, -0.15) is 0 Å². The van der Waals surface area contributed by atoms with E-state index in [1.165, 1.54) is 44.9 Å². The molecule has 1 unspecified atom stereocenters. The lowest BCUT2D eigenvalue weighted by molar-refractivity contribution is -0.116. The zero-order chi connectivity index (χ0) is 22.4. The van der Waals surface area contributed by atoms with Crippen LogP contribution in [0.4, 0.5) is 0 Å². The molecule has 1 aliphatic carbocycles. The third-order valence-corrected chi connectivity index (χ3v) is 5.90. The molecule has 2 aliphatic rings. The summed E-state index contributed by atoms with van der Waals surface area (Å²) in [4.78, 5) is 16.0. The molecule has 0 bridgehead atoms. The van der Waals surface area contributed by atoms with E-state index in [2.05, 4.69) is 26.1 Å². The standard InChI is InChI=1S/C17H26N4O.C8H18/c1-12(22)9-10-15(19)16-14(18)8-5-11-20-17(16)21-13-6-3-2-4-7-13;1-4-6-7-8(3)5-2/h5,11,13,19H,2-4,6-10,18H2,1H3,(H,20,21);8H,4-7H2,1-3H3. The average molecular weight is 417 g/mol. The number of nitrogens with one attached hydrogen (secondary N) is 2. The summed E-state index contributed by atoms with van der Waals surface area (Å²) in [5.74, 6) is 1.75. The van der Waals surface area contributed by atoms with Crippen molar-refractivity contribution in [2.45, 2.75) is 111 Å². The van der Waals surface area contributed by atoms with Gasteiger partial charge in [-0.1, -0.05) is 71.8 Å². The number of nitrogens with zero attached hydrogens (tertiary/aromatic N) is 1. The van der Waals surface area contributed by atoms with Gasteiger partial charge in [0.2, 0.25) is 0 Å². The van der Waals surface area contributed by atoms with E-state index in [0.717, 1.165) is 18.8 Å². The molecule has 170 valence electrons. The number of carbonyl (C=O) groups excluding carboxylic acids is 1. The van der Waals surface area contributed by atoms with Crippen LogP contribution in [0.5, 0.6) is 0 Å². The van der Waals surface area contributed by atoms with Crippen molar-refractivity contribution in [1.29, 1.82) is 5.41 Å². The van der Waals surface area contributed by atoms with Crippen LogP contribution in [0.2, 0.25) is 0 Å². The summed E-state index contributed by atoms with van der Waals surface area (Å²) < 4.78 is 0. The minimum atomic E-state index is 0.0920. The minimum Gasteiger partial charge on any atom is -0.401 e. The molecule has 0 spiro atoms. The molecule has 1 fully saturated rings. The van der Waals surface area contributed by atoms with Gasteiger partial charge in [-0.3, -0.25) is 4.99 Å². The Morgan fingerprint density at radius 2 is 1.97 bits per heavy atom. The summed E-state index contributed by atoms with van der Waals surface area (Å²) in [6, 6.07) is 0.311. The molecule has 1 atom stereocenters. The van der Waals surface area contributed by atoms with Crippen molar-refractivity contribution in [2.75, 3.05) is 0 Å². The average Bonchev–Trinajstić information content (AvgIpc) is 2.92. The lowest BCUT2D eigenvalue weighted by Gasteiger charge is -2.21. The molecule has 1 heterocycles. The van der Waals surface area contributed by atoms with E-state index in [9.17, 15) is 4.79 Å². The van der Waals surface area contributed by atoms with Crippen molar-refractivity contribution in [1.82, 2.24) is 5.32 Å². The van der Waals surface area contributed by atoms with Gasteiger partial charge in [0.1, 0.15) is 11.6 Å². The molecule has 0 aromatic rings. The Hall–Kier alpha value is -1.91. The van der Waals surface area contributed by atoms with E-state index < -0.39 is 0 Å². The fraction of sp³-hybridized carbons (Fsp3) is 0.720. The lowest BCUT2D eigenvalue weighted by atomic mass is 9.95. The molecule has 1 aliphatic heterocycles. The number of nitrogens with two attached hydrogens (primary N) is 1. The molecular formula is C25H44N4O. The Morgan fingerprint density at radius 3 is 2.57 bits per heavy atom. The molecular weight excluding hydrogens is 372 g/mol. The normalized spacial score (nSPS) is 19.5. The molecule has 30 heavy (non-hydrogen) atoms. The Morgan fingerprint density at radius 1 is 1.27 bits per heavy atom. The van der Waals surface area contributed by atoms with Gasteiger partial charge < -0.3 is 21.3 Å². The van der Waals surface area contributed by atoms with Crippen molar-refractivity contribution in [2.24, 2.45) is 16.6 Å². The number of hydrogen-bond donors (Lipinski definition) is 3. The quantitative estimate of drug-likeness (QED) is 0.400. The highest BCUT2D eigenvalue weighted by Gasteiger charge is 2.20. The van der Waals surface area contributed by atoms with E-state index in [0.29, 0.717) is 48.1 Å². The topological polar surface area (TPSA) is 91.3 Å². The Balaban J connectivity index is 0.000000479. The van der Waals surface area contributed by atoms with Crippen LogP contribution >= 0.6 is 0 Å². The van der Waals surface area contributed by atoms with Crippen molar-refractivity contribution >= 4 is 17.3 Å². The molecule has 0 radical (unpaired) electrons. The number of rotatable bonds is 9. The molecule has 0 aromatic carbocycles. The van der Waals surface area contributed by atoms with Gasteiger partial charge >= 0.3 is 0 Å². The number of hydrogen-bond acceptors (Lipinski definition) is 4. The second kappa shape index (κ2) is 15.0. The monoisotopic (exact) mass is 416 g/mol. The second-order valence-electron chi connectivity index (χ2n) is 8.76. The maximum atomic E-state index is 11.2. The van der Waals surface area contributed by atoms with Crippen LogP contribution < -0.4 is 11.1 Å². The number of amidine groups is 1. The number of ketones is 1. The Labute approximate surface area is 184 Å². The van der Waals surface area contributed by atoms with Gasteiger partial charge in [0.15, 0.2) is 0 Å². The fourth-order valence-electron chi connectivity index (χ4n) is 3.66. The number of allylic oxidation sites excluding steroid dienone is 1. The maximum absolute atomic E-state index is 11.2. The molecule has 2 rings (SSSR count). The van der Waals surface area contributed by atoms with E-state index >= 15 is 0 Å². The van der Waals surface area contributed by atoms with Crippen LogP contribution in [0.15, 0.2) is 28.5 Å². The smallest absolute Gasteiger partial charge is 0.136 e. The number of Topliss-reactive ketones (excluding diaryl/α,β-unsaturated/α-hetero) is 1. The maximum Gasteiger partial charge on any atom is 0.136 e.